The monoisotopic (exact) mass is 248 g/mol. The smallest absolute Gasteiger partial charge is 0.322 e. The molecule has 0 fully saturated rings. The normalized spacial score (nSPS) is 11.3. The second kappa shape index (κ2) is 5.56. The number of aromatic amines is 1. The molecule has 0 unspecified atom stereocenters. The molecule has 1 rings (SSSR count). The van der Waals surface area contributed by atoms with Gasteiger partial charge in [0.1, 0.15) is 12.2 Å². The number of hydrogen-bond donors (Lipinski definition) is 2. The summed E-state index contributed by atoms with van der Waals surface area (Å²) < 4.78 is 29.0. The van der Waals surface area contributed by atoms with E-state index in [-0.39, 0.29) is 6.54 Å². The van der Waals surface area contributed by atoms with E-state index in [1.165, 1.54) is 6.33 Å². The van der Waals surface area contributed by atoms with E-state index in [4.69, 9.17) is 0 Å². The maximum Gasteiger partial charge on any atom is 0.322 e. The molecule has 16 heavy (non-hydrogen) atoms. The largest absolute Gasteiger partial charge is 0.468 e. The molecule has 0 atom stereocenters. The lowest BCUT2D eigenvalue weighted by Gasteiger charge is -2.03. The molecule has 0 aliphatic heterocycles. The van der Waals surface area contributed by atoms with Crippen molar-refractivity contribution in [3.8, 4) is 0 Å². The minimum Gasteiger partial charge on any atom is -0.468 e. The first-order valence-corrected chi connectivity index (χ1v) is 6.07. The van der Waals surface area contributed by atoms with Gasteiger partial charge in [-0.05, 0) is 0 Å². The highest BCUT2D eigenvalue weighted by Crippen LogP contribution is 1.90. The number of esters is 1. The molecule has 0 aromatic carbocycles. The first-order valence-electron chi connectivity index (χ1n) is 4.42. The van der Waals surface area contributed by atoms with E-state index < -0.39 is 21.7 Å². The van der Waals surface area contributed by atoms with Gasteiger partial charge in [0.2, 0.25) is 10.0 Å². The topological polar surface area (TPSA) is 114 Å². The van der Waals surface area contributed by atoms with E-state index in [0.717, 1.165) is 7.11 Å². The van der Waals surface area contributed by atoms with Crippen LogP contribution in [0.5, 0.6) is 0 Å². The van der Waals surface area contributed by atoms with Gasteiger partial charge in [-0.15, -0.1) is 0 Å². The van der Waals surface area contributed by atoms with Gasteiger partial charge in [0, 0.05) is 13.0 Å². The summed E-state index contributed by atoms with van der Waals surface area (Å²) in [5.74, 6) is -0.909. The minimum absolute atomic E-state index is 0.147. The van der Waals surface area contributed by atoms with Crippen molar-refractivity contribution in [2.24, 2.45) is 0 Å². The first-order chi connectivity index (χ1) is 7.53. The van der Waals surface area contributed by atoms with Crippen LogP contribution in [0, 0.1) is 0 Å². The summed E-state index contributed by atoms with van der Waals surface area (Å²) in [5.41, 5.74) is 0. The van der Waals surface area contributed by atoms with E-state index in [1.807, 2.05) is 0 Å². The van der Waals surface area contributed by atoms with Crippen LogP contribution < -0.4 is 4.72 Å². The highest BCUT2D eigenvalue weighted by molar-refractivity contribution is 7.90. The Kier molecular flexibility index (Phi) is 4.38. The van der Waals surface area contributed by atoms with E-state index in [2.05, 4.69) is 24.6 Å². The van der Waals surface area contributed by atoms with E-state index >= 15 is 0 Å². The van der Waals surface area contributed by atoms with Gasteiger partial charge in [0.25, 0.3) is 0 Å². The van der Waals surface area contributed by atoms with Gasteiger partial charge >= 0.3 is 5.97 Å². The number of carbonyl (C=O) groups is 1. The molecule has 0 radical (unpaired) electrons. The summed E-state index contributed by atoms with van der Waals surface area (Å²) in [6, 6.07) is 0. The third-order valence-electron chi connectivity index (χ3n) is 1.68. The lowest BCUT2D eigenvalue weighted by atomic mass is 10.4. The molecule has 0 aliphatic rings. The molecule has 1 aromatic rings. The van der Waals surface area contributed by atoms with Crippen molar-refractivity contribution >= 4 is 16.0 Å². The molecule has 1 heterocycles. The van der Waals surface area contributed by atoms with Crippen LogP contribution in [0.2, 0.25) is 0 Å². The van der Waals surface area contributed by atoms with Gasteiger partial charge < -0.3 is 4.74 Å². The summed E-state index contributed by atoms with van der Waals surface area (Å²) in [4.78, 5) is 14.6. The number of ether oxygens (including phenoxy) is 1. The van der Waals surface area contributed by atoms with Crippen LogP contribution in [0.25, 0.3) is 0 Å². The molecule has 90 valence electrons. The van der Waals surface area contributed by atoms with Crippen molar-refractivity contribution in [2.75, 3.05) is 19.4 Å². The molecule has 0 saturated heterocycles. The van der Waals surface area contributed by atoms with Gasteiger partial charge in [-0.25, -0.2) is 18.1 Å². The van der Waals surface area contributed by atoms with Crippen molar-refractivity contribution in [3.63, 3.8) is 0 Å². The lowest BCUT2D eigenvalue weighted by molar-refractivity contribution is -0.137. The summed E-state index contributed by atoms with van der Waals surface area (Å²) in [7, 11) is -2.50. The lowest BCUT2D eigenvalue weighted by Crippen LogP contribution is -2.32. The molecule has 0 saturated carbocycles. The Morgan fingerprint density at radius 2 is 2.38 bits per heavy atom. The molecule has 0 aliphatic carbocycles. The number of sulfonamides is 1. The number of hydrogen-bond acceptors (Lipinski definition) is 6. The molecule has 0 amide bonds. The minimum atomic E-state index is -3.63. The predicted octanol–water partition coefficient (Wildman–Crippen LogP) is -1.56. The van der Waals surface area contributed by atoms with Crippen molar-refractivity contribution in [1.29, 1.82) is 0 Å². The first kappa shape index (κ1) is 12.6. The molecule has 2 N–H and O–H groups in total. The molecular weight excluding hydrogens is 236 g/mol. The summed E-state index contributed by atoms with van der Waals surface area (Å²) in [6.45, 7) is 0.147. The number of methoxy groups -OCH3 is 1. The highest BCUT2D eigenvalue weighted by Gasteiger charge is 2.16. The number of nitrogens with one attached hydrogen (secondary N) is 2. The molecule has 9 heteroatoms. The van der Waals surface area contributed by atoms with Crippen molar-refractivity contribution in [3.05, 3.63) is 12.2 Å². The van der Waals surface area contributed by atoms with Crippen LogP contribution in [-0.2, 0) is 26.0 Å². The Balaban J connectivity index is 2.34. The number of rotatable bonds is 6. The third-order valence-corrected chi connectivity index (χ3v) is 2.94. The van der Waals surface area contributed by atoms with Crippen LogP contribution in [-0.4, -0.2) is 49.0 Å². The summed E-state index contributed by atoms with van der Waals surface area (Å²) in [6.07, 6.45) is 1.71. The zero-order valence-electron chi connectivity index (χ0n) is 8.63. The fourth-order valence-corrected chi connectivity index (χ4v) is 1.88. The van der Waals surface area contributed by atoms with Gasteiger partial charge in [0.15, 0.2) is 5.75 Å². The van der Waals surface area contributed by atoms with E-state index in [9.17, 15) is 13.2 Å². The second-order valence-electron chi connectivity index (χ2n) is 2.91. The van der Waals surface area contributed by atoms with Crippen LogP contribution in [0.4, 0.5) is 0 Å². The SMILES string of the molecule is COC(=O)CS(=O)(=O)NCCc1ncn[nH]1. The Bertz CT molecular complexity index is 427. The molecule has 1 aromatic heterocycles. The average molecular weight is 248 g/mol. The van der Waals surface area contributed by atoms with Crippen molar-refractivity contribution in [1.82, 2.24) is 19.9 Å². The predicted molar refractivity (Wildman–Crippen MR) is 53.9 cm³/mol. The summed E-state index contributed by atoms with van der Waals surface area (Å²) in [5, 5.41) is 6.20. The highest BCUT2D eigenvalue weighted by atomic mass is 32.2. The van der Waals surface area contributed by atoms with E-state index in [0.29, 0.717) is 12.2 Å². The molecular formula is C7H12N4O4S. The second-order valence-corrected chi connectivity index (χ2v) is 4.72. The van der Waals surface area contributed by atoms with E-state index in [1.54, 1.807) is 0 Å². The number of H-pyrrole nitrogens is 1. The summed E-state index contributed by atoms with van der Waals surface area (Å²) >= 11 is 0. The average Bonchev–Trinajstić information content (AvgIpc) is 2.69. The fraction of sp³-hybridized carbons (Fsp3) is 0.571. The maximum absolute atomic E-state index is 11.3. The third kappa shape index (κ3) is 4.36. The van der Waals surface area contributed by atoms with Crippen molar-refractivity contribution in [2.45, 2.75) is 6.42 Å². The molecule has 0 spiro atoms. The Hall–Kier alpha value is -1.48. The number of aromatic nitrogens is 3. The van der Waals surface area contributed by atoms with Gasteiger partial charge in [-0.1, -0.05) is 0 Å². The van der Waals surface area contributed by atoms with Gasteiger partial charge in [-0.3, -0.25) is 9.89 Å². The van der Waals surface area contributed by atoms with Crippen LogP contribution in [0.3, 0.4) is 0 Å². The Morgan fingerprint density at radius 3 is 2.94 bits per heavy atom. The van der Waals surface area contributed by atoms with Gasteiger partial charge in [-0.2, -0.15) is 5.10 Å². The number of nitrogens with zero attached hydrogens (tertiary/aromatic N) is 2. The number of carbonyl (C=O) groups excluding carboxylic acids is 1. The van der Waals surface area contributed by atoms with Crippen LogP contribution >= 0.6 is 0 Å². The van der Waals surface area contributed by atoms with Crippen LogP contribution in [0.1, 0.15) is 5.82 Å². The zero-order chi connectivity index (χ0) is 12.0. The maximum atomic E-state index is 11.3. The Morgan fingerprint density at radius 1 is 1.62 bits per heavy atom. The Labute approximate surface area is 92.5 Å². The van der Waals surface area contributed by atoms with Crippen molar-refractivity contribution < 1.29 is 17.9 Å². The van der Waals surface area contributed by atoms with Crippen LogP contribution in [0.15, 0.2) is 6.33 Å². The molecule has 8 nitrogen and oxygen atoms in total. The zero-order valence-corrected chi connectivity index (χ0v) is 9.45. The fourth-order valence-electron chi connectivity index (χ4n) is 0.941. The molecule has 0 bridgehead atoms. The van der Waals surface area contributed by atoms with Gasteiger partial charge in [0.05, 0.1) is 7.11 Å². The quantitative estimate of drug-likeness (QED) is 0.588. The standard InChI is InChI=1S/C7H12N4O4S/c1-15-7(12)4-16(13,14)10-3-2-6-8-5-9-11-6/h5,10H,2-4H2,1H3,(H,8,9,11).